The summed E-state index contributed by atoms with van der Waals surface area (Å²) < 4.78 is 10.8. The Balaban J connectivity index is 1.69. The van der Waals surface area contributed by atoms with Gasteiger partial charge in [-0.15, -0.1) is 0 Å². The molecule has 106 valence electrons. The van der Waals surface area contributed by atoms with Crippen LogP contribution >= 0.6 is 11.6 Å². The highest BCUT2D eigenvalue weighted by Gasteiger charge is 2.04. The average Bonchev–Trinajstić information content (AvgIpc) is 2.94. The van der Waals surface area contributed by atoms with Crippen molar-refractivity contribution in [3.8, 4) is 17.0 Å². The van der Waals surface area contributed by atoms with Crippen LogP contribution in [0.4, 0.5) is 0 Å². The van der Waals surface area contributed by atoms with E-state index in [1.807, 2.05) is 61.5 Å². The molecular weight excluding hydrogens is 286 g/mol. The summed E-state index contributed by atoms with van der Waals surface area (Å²) >= 11 is 6.10. The highest BCUT2D eigenvalue weighted by molar-refractivity contribution is 6.31. The van der Waals surface area contributed by atoms with Gasteiger partial charge in [0, 0.05) is 22.2 Å². The molecule has 1 aromatic heterocycles. The molecule has 3 rings (SSSR count). The largest absolute Gasteiger partial charge is 0.489 e. The number of aryl methyl sites for hydroxylation is 1. The van der Waals surface area contributed by atoms with Gasteiger partial charge in [0.15, 0.2) is 0 Å². The molecule has 0 atom stereocenters. The molecule has 2 aromatic carbocycles. The molecule has 4 heteroatoms. The molecule has 0 bridgehead atoms. The van der Waals surface area contributed by atoms with E-state index in [-0.39, 0.29) is 0 Å². The van der Waals surface area contributed by atoms with E-state index < -0.39 is 0 Å². The minimum Gasteiger partial charge on any atom is -0.489 e. The third-order valence-electron chi connectivity index (χ3n) is 3.13. The molecule has 0 fully saturated rings. The Morgan fingerprint density at radius 3 is 2.52 bits per heavy atom. The number of benzene rings is 2. The third-order valence-corrected chi connectivity index (χ3v) is 3.50. The van der Waals surface area contributed by atoms with Crippen molar-refractivity contribution in [2.24, 2.45) is 0 Å². The Morgan fingerprint density at radius 1 is 1.10 bits per heavy atom. The number of ether oxygens (including phenoxy) is 1. The predicted octanol–water partition coefficient (Wildman–Crippen LogP) is 4.88. The van der Waals surface area contributed by atoms with E-state index >= 15 is 0 Å². The van der Waals surface area contributed by atoms with Crippen LogP contribution in [0, 0.1) is 6.92 Å². The van der Waals surface area contributed by atoms with Crippen molar-refractivity contribution in [1.82, 2.24) is 5.16 Å². The normalized spacial score (nSPS) is 10.6. The van der Waals surface area contributed by atoms with E-state index in [0.717, 1.165) is 28.3 Å². The Bertz CT molecular complexity index is 735. The number of nitrogens with zero attached hydrogens (tertiary/aromatic N) is 1. The van der Waals surface area contributed by atoms with Gasteiger partial charge in [-0.25, -0.2) is 0 Å². The number of hydrogen-bond acceptors (Lipinski definition) is 3. The molecule has 0 aliphatic heterocycles. The molecule has 0 saturated carbocycles. The maximum atomic E-state index is 6.10. The van der Waals surface area contributed by atoms with Crippen molar-refractivity contribution in [3.63, 3.8) is 0 Å². The summed E-state index contributed by atoms with van der Waals surface area (Å²) in [6, 6.07) is 17.3. The monoisotopic (exact) mass is 299 g/mol. The summed E-state index contributed by atoms with van der Waals surface area (Å²) in [5, 5.41) is 4.70. The van der Waals surface area contributed by atoms with E-state index in [2.05, 4.69) is 5.16 Å². The molecule has 3 aromatic rings. The Kier molecular flexibility index (Phi) is 3.93. The Hall–Kier alpha value is -2.26. The van der Waals surface area contributed by atoms with Crippen LogP contribution in [0.3, 0.4) is 0 Å². The first-order valence-electron chi connectivity index (χ1n) is 6.62. The maximum Gasteiger partial charge on any atom is 0.134 e. The van der Waals surface area contributed by atoms with Crippen molar-refractivity contribution in [2.45, 2.75) is 13.5 Å². The lowest BCUT2D eigenvalue weighted by molar-refractivity contribution is 0.306. The van der Waals surface area contributed by atoms with Crippen LogP contribution in [0.5, 0.6) is 5.75 Å². The second kappa shape index (κ2) is 6.02. The van der Waals surface area contributed by atoms with Crippen molar-refractivity contribution >= 4 is 11.6 Å². The average molecular weight is 300 g/mol. The van der Waals surface area contributed by atoms with Crippen LogP contribution in [0.2, 0.25) is 5.02 Å². The molecular formula is C17H14ClNO2. The van der Waals surface area contributed by atoms with Crippen LogP contribution in [-0.2, 0) is 6.61 Å². The van der Waals surface area contributed by atoms with Gasteiger partial charge in [0.25, 0.3) is 0 Å². The van der Waals surface area contributed by atoms with Gasteiger partial charge in [-0.2, -0.15) is 0 Å². The van der Waals surface area contributed by atoms with Gasteiger partial charge < -0.3 is 9.26 Å². The minimum atomic E-state index is 0.447. The van der Waals surface area contributed by atoms with Gasteiger partial charge in [0.05, 0.1) is 0 Å². The van der Waals surface area contributed by atoms with E-state index in [1.165, 1.54) is 0 Å². The van der Waals surface area contributed by atoms with Gasteiger partial charge in [-0.1, -0.05) is 35.0 Å². The van der Waals surface area contributed by atoms with Crippen LogP contribution in [0.15, 0.2) is 59.1 Å². The van der Waals surface area contributed by atoms with Crippen molar-refractivity contribution in [1.29, 1.82) is 0 Å². The molecule has 0 saturated heterocycles. The Labute approximate surface area is 128 Å². The summed E-state index contributed by atoms with van der Waals surface area (Å²) in [6.07, 6.45) is 0. The summed E-state index contributed by atoms with van der Waals surface area (Å²) in [6.45, 7) is 2.32. The third kappa shape index (κ3) is 3.26. The Morgan fingerprint density at radius 2 is 1.86 bits per heavy atom. The van der Waals surface area contributed by atoms with E-state index in [4.69, 9.17) is 20.9 Å². The highest BCUT2D eigenvalue weighted by Crippen LogP contribution is 2.23. The molecule has 0 aliphatic carbocycles. The zero-order valence-electron chi connectivity index (χ0n) is 11.5. The van der Waals surface area contributed by atoms with Crippen molar-refractivity contribution in [3.05, 3.63) is 70.9 Å². The molecule has 0 N–H and O–H groups in total. The molecule has 0 spiro atoms. The molecule has 0 radical (unpaired) electrons. The SMILES string of the molecule is Cc1cc(-c2ccc(OCc3ccccc3Cl)cc2)no1. The van der Waals surface area contributed by atoms with E-state index in [1.54, 1.807) is 0 Å². The van der Waals surface area contributed by atoms with Crippen molar-refractivity contribution < 1.29 is 9.26 Å². The summed E-state index contributed by atoms with van der Waals surface area (Å²) in [7, 11) is 0. The second-order valence-electron chi connectivity index (χ2n) is 4.73. The van der Waals surface area contributed by atoms with Gasteiger partial charge in [-0.3, -0.25) is 0 Å². The molecule has 3 nitrogen and oxygen atoms in total. The first-order chi connectivity index (χ1) is 10.2. The van der Waals surface area contributed by atoms with Crippen LogP contribution in [-0.4, -0.2) is 5.16 Å². The van der Waals surface area contributed by atoms with Gasteiger partial charge in [0.1, 0.15) is 23.8 Å². The standard InChI is InChI=1S/C17H14ClNO2/c1-12-10-17(19-21-12)13-6-8-15(9-7-13)20-11-14-4-2-3-5-16(14)18/h2-10H,11H2,1H3. The molecule has 0 amide bonds. The highest BCUT2D eigenvalue weighted by atomic mass is 35.5. The number of rotatable bonds is 4. The fraction of sp³-hybridized carbons (Fsp3) is 0.118. The van der Waals surface area contributed by atoms with Crippen molar-refractivity contribution in [2.75, 3.05) is 0 Å². The topological polar surface area (TPSA) is 35.3 Å². The quantitative estimate of drug-likeness (QED) is 0.688. The second-order valence-corrected chi connectivity index (χ2v) is 5.13. The maximum absolute atomic E-state index is 6.10. The fourth-order valence-corrected chi connectivity index (χ4v) is 2.19. The fourth-order valence-electron chi connectivity index (χ4n) is 2.00. The number of aromatic nitrogens is 1. The number of hydrogen-bond donors (Lipinski definition) is 0. The van der Waals surface area contributed by atoms with Crippen LogP contribution in [0.1, 0.15) is 11.3 Å². The first kappa shape index (κ1) is 13.7. The molecule has 1 heterocycles. The predicted molar refractivity (Wildman–Crippen MR) is 82.5 cm³/mol. The zero-order chi connectivity index (χ0) is 14.7. The van der Waals surface area contributed by atoms with Gasteiger partial charge in [0.2, 0.25) is 0 Å². The smallest absolute Gasteiger partial charge is 0.134 e. The summed E-state index contributed by atoms with van der Waals surface area (Å²) in [5.74, 6) is 1.59. The zero-order valence-corrected chi connectivity index (χ0v) is 12.3. The lowest BCUT2D eigenvalue weighted by Gasteiger charge is -2.08. The first-order valence-corrected chi connectivity index (χ1v) is 7.00. The summed E-state index contributed by atoms with van der Waals surface area (Å²) in [4.78, 5) is 0. The van der Waals surface area contributed by atoms with Gasteiger partial charge >= 0.3 is 0 Å². The summed E-state index contributed by atoms with van der Waals surface area (Å²) in [5.41, 5.74) is 2.79. The minimum absolute atomic E-state index is 0.447. The lowest BCUT2D eigenvalue weighted by Crippen LogP contribution is -1.95. The van der Waals surface area contributed by atoms with Gasteiger partial charge in [-0.05, 0) is 37.3 Å². The molecule has 0 aliphatic rings. The van der Waals surface area contributed by atoms with E-state index in [0.29, 0.717) is 11.6 Å². The van der Waals surface area contributed by atoms with E-state index in [9.17, 15) is 0 Å². The van der Waals surface area contributed by atoms with Crippen LogP contribution in [0.25, 0.3) is 11.3 Å². The lowest BCUT2D eigenvalue weighted by atomic mass is 10.1. The molecule has 0 unspecified atom stereocenters. The molecule has 21 heavy (non-hydrogen) atoms. The van der Waals surface area contributed by atoms with Crippen LogP contribution < -0.4 is 4.74 Å². The number of halogens is 1.